The normalized spacial score (nSPS) is 15.4. The minimum atomic E-state index is -4.07. The average Bonchev–Trinajstić information content (AvgIpc) is 2.89. The van der Waals surface area contributed by atoms with Gasteiger partial charge in [-0.05, 0) is 68.4 Å². The number of rotatable bonds is 10. The zero-order valence-electron chi connectivity index (χ0n) is 21.0. The van der Waals surface area contributed by atoms with Crippen molar-refractivity contribution >= 4 is 40.8 Å². The topological polar surface area (TPSA) is 148 Å². The number of piperidine rings is 1. The highest BCUT2D eigenvalue weighted by molar-refractivity contribution is 7.89. The molecule has 15 heteroatoms. The fourth-order valence-electron chi connectivity index (χ4n) is 4.19. The van der Waals surface area contributed by atoms with Crippen LogP contribution in [0, 0.1) is 11.6 Å². The molecular formula is C24H29F2N6O5PS. The molecule has 0 saturated carbocycles. The van der Waals surface area contributed by atoms with Crippen molar-refractivity contribution in [2.24, 2.45) is 0 Å². The van der Waals surface area contributed by atoms with E-state index in [1.54, 1.807) is 18.2 Å². The molecule has 1 aliphatic rings. The van der Waals surface area contributed by atoms with Crippen LogP contribution in [0.3, 0.4) is 0 Å². The Bertz CT molecular complexity index is 1450. The van der Waals surface area contributed by atoms with Crippen molar-refractivity contribution in [2.75, 3.05) is 43.5 Å². The smallest absolute Gasteiger partial charge is 0.326 e. The number of halogens is 2. The van der Waals surface area contributed by atoms with Gasteiger partial charge in [-0.25, -0.2) is 22.2 Å². The minimum absolute atomic E-state index is 0.120. The van der Waals surface area contributed by atoms with Gasteiger partial charge in [0.1, 0.15) is 5.82 Å². The predicted molar refractivity (Wildman–Crippen MR) is 143 cm³/mol. The van der Waals surface area contributed by atoms with Crippen molar-refractivity contribution in [3.63, 3.8) is 0 Å². The maximum Gasteiger partial charge on any atom is 0.326 e. The van der Waals surface area contributed by atoms with E-state index < -0.39 is 29.3 Å². The maximum atomic E-state index is 13.5. The number of sulfonamides is 1. The van der Waals surface area contributed by atoms with Crippen LogP contribution in [0.1, 0.15) is 12.8 Å². The molecule has 1 fully saturated rings. The third kappa shape index (κ3) is 7.78. The SMILES string of the molecule is CN(C1CCN(CCP(=O)(O)O)CC1)S(=O)(=O)c1ccc(Nc2nccc(Nc3ccc(F)c(F)c3)n2)cc1. The predicted octanol–water partition coefficient (Wildman–Crippen LogP) is 3.50. The molecule has 0 atom stereocenters. The van der Waals surface area contributed by atoms with E-state index in [4.69, 9.17) is 9.79 Å². The zero-order chi connectivity index (χ0) is 28.2. The molecule has 1 saturated heterocycles. The van der Waals surface area contributed by atoms with Crippen molar-refractivity contribution in [1.29, 1.82) is 0 Å². The van der Waals surface area contributed by atoms with Crippen LogP contribution in [-0.4, -0.2) is 76.3 Å². The van der Waals surface area contributed by atoms with E-state index in [-0.39, 0.29) is 29.6 Å². The van der Waals surface area contributed by atoms with Crippen LogP contribution >= 0.6 is 7.60 Å². The van der Waals surface area contributed by atoms with Crippen LogP contribution in [0.25, 0.3) is 0 Å². The molecule has 2 aromatic carbocycles. The van der Waals surface area contributed by atoms with Crippen molar-refractivity contribution in [2.45, 2.75) is 23.8 Å². The Balaban J connectivity index is 1.36. The molecule has 3 aromatic rings. The van der Waals surface area contributed by atoms with E-state index in [9.17, 15) is 21.8 Å². The highest BCUT2D eigenvalue weighted by atomic mass is 32.2. The molecule has 11 nitrogen and oxygen atoms in total. The Morgan fingerprint density at radius 1 is 1.03 bits per heavy atom. The van der Waals surface area contributed by atoms with E-state index in [2.05, 4.69) is 20.6 Å². The molecule has 4 N–H and O–H groups in total. The summed E-state index contributed by atoms with van der Waals surface area (Å²) >= 11 is 0. The van der Waals surface area contributed by atoms with E-state index >= 15 is 0 Å². The highest BCUT2D eigenvalue weighted by Gasteiger charge is 2.31. The fraction of sp³-hybridized carbons (Fsp3) is 0.333. The van der Waals surface area contributed by atoms with E-state index in [1.165, 1.54) is 35.7 Å². The van der Waals surface area contributed by atoms with Crippen molar-refractivity contribution < 1.29 is 31.6 Å². The van der Waals surface area contributed by atoms with Gasteiger partial charge in [0.2, 0.25) is 16.0 Å². The van der Waals surface area contributed by atoms with Gasteiger partial charge in [-0.2, -0.15) is 9.29 Å². The molecule has 1 aliphatic heterocycles. The lowest BCUT2D eigenvalue weighted by atomic mass is 10.1. The summed E-state index contributed by atoms with van der Waals surface area (Å²) < 4.78 is 65.5. The Morgan fingerprint density at radius 3 is 2.33 bits per heavy atom. The first-order valence-electron chi connectivity index (χ1n) is 12.1. The van der Waals surface area contributed by atoms with Gasteiger partial charge < -0.3 is 25.3 Å². The zero-order valence-corrected chi connectivity index (χ0v) is 22.7. The number of aromatic nitrogens is 2. The standard InChI is InChI=1S/C24H29F2N6O5PS/c1-31(19-9-12-32(13-10-19)14-15-38(33,34)35)39(36,37)20-5-2-17(3-6-20)29-24-27-11-8-23(30-24)28-18-4-7-21(25)22(26)16-18/h2-8,11,16,19H,9-10,12-15H2,1H3,(H2,33,34,35)(H2,27,28,29,30). The van der Waals surface area contributed by atoms with Crippen molar-refractivity contribution in [3.05, 3.63) is 66.4 Å². The first-order valence-corrected chi connectivity index (χ1v) is 15.3. The second kappa shape index (κ2) is 12.0. The molecule has 1 aromatic heterocycles. The van der Waals surface area contributed by atoms with Crippen molar-refractivity contribution in [1.82, 2.24) is 19.2 Å². The minimum Gasteiger partial charge on any atom is -0.340 e. The molecule has 0 aliphatic carbocycles. The number of likely N-dealkylation sites (tertiary alicyclic amines) is 1. The quantitative estimate of drug-likeness (QED) is 0.262. The lowest BCUT2D eigenvalue weighted by molar-refractivity contribution is 0.175. The summed E-state index contributed by atoms with van der Waals surface area (Å²) in [6.07, 6.45) is 2.38. The summed E-state index contributed by atoms with van der Waals surface area (Å²) in [5, 5.41) is 5.85. The fourth-order valence-corrected chi connectivity index (χ4v) is 6.15. The molecule has 0 spiro atoms. The monoisotopic (exact) mass is 582 g/mol. The number of nitrogens with zero attached hydrogens (tertiary/aromatic N) is 4. The molecule has 39 heavy (non-hydrogen) atoms. The van der Waals surface area contributed by atoms with Crippen molar-refractivity contribution in [3.8, 4) is 0 Å². The molecule has 0 bridgehead atoms. The average molecular weight is 583 g/mol. The van der Waals surface area contributed by atoms with Gasteiger partial charge in [0.05, 0.1) is 11.1 Å². The number of anilines is 4. The molecule has 0 unspecified atom stereocenters. The maximum absolute atomic E-state index is 13.5. The van der Waals surface area contributed by atoms with Gasteiger partial charge in [-0.15, -0.1) is 0 Å². The summed E-state index contributed by atoms with van der Waals surface area (Å²) in [6, 6.07) is 10.9. The van der Waals surface area contributed by atoms with Crippen LogP contribution in [0.2, 0.25) is 0 Å². The van der Waals surface area contributed by atoms with E-state index in [0.29, 0.717) is 43.1 Å². The molecule has 4 rings (SSSR count). The van der Waals surface area contributed by atoms with Gasteiger partial charge in [0, 0.05) is 43.3 Å². The van der Waals surface area contributed by atoms with Crippen LogP contribution in [0.15, 0.2) is 59.6 Å². The Labute approximate surface area is 225 Å². The number of nitrogens with one attached hydrogen (secondary N) is 2. The van der Waals surface area contributed by atoms with Gasteiger partial charge in [0.25, 0.3) is 0 Å². The lowest BCUT2D eigenvalue weighted by Gasteiger charge is -2.36. The summed E-state index contributed by atoms with van der Waals surface area (Å²) in [5.41, 5.74) is 0.851. The van der Waals surface area contributed by atoms with Gasteiger partial charge in [-0.1, -0.05) is 0 Å². The Kier molecular flexibility index (Phi) is 8.94. The van der Waals surface area contributed by atoms with Crippen LogP contribution < -0.4 is 10.6 Å². The number of hydrogen-bond donors (Lipinski definition) is 4. The molecule has 0 amide bonds. The van der Waals surface area contributed by atoms with Gasteiger partial charge in [0.15, 0.2) is 11.6 Å². The van der Waals surface area contributed by atoms with E-state index in [1.807, 2.05) is 4.90 Å². The first kappa shape index (κ1) is 29.0. The molecule has 2 heterocycles. The van der Waals surface area contributed by atoms with Crippen LogP contribution in [0.5, 0.6) is 0 Å². The number of benzene rings is 2. The third-order valence-electron chi connectivity index (χ3n) is 6.41. The van der Waals surface area contributed by atoms with Gasteiger partial charge in [-0.3, -0.25) is 4.57 Å². The molecule has 210 valence electrons. The molecule has 0 radical (unpaired) electrons. The second-order valence-corrected chi connectivity index (χ2v) is 12.9. The summed E-state index contributed by atoms with van der Waals surface area (Å²) in [7, 11) is -6.29. The molecular weight excluding hydrogens is 553 g/mol. The third-order valence-corrected chi connectivity index (χ3v) is 9.12. The van der Waals surface area contributed by atoms with Crippen LogP contribution in [0.4, 0.5) is 31.9 Å². The van der Waals surface area contributed by atoms with Crippen LogP contribution in [-0.2, 0) is 14.6 Å². The largest absolute Gasteiger partial charge is 0.340 e. The Hall–Kier alpha value is -3.00. The second-order valence-electron chi connectivity index (χ2n) is 9.15. The highest BCUT2D eigenvalue weighted by Crippen LogP contribution is 2.34. The van der Waals surface area contributed by atoms with E-state index in [0.717, 1.165) is 12.1 Å². The van der Waals surface area contributed by atoms with Gasteiger partial charge >= 0.3 is 7.60 Å². The summed E-state index contributed by atoms with van der Waals surface area (Å²) in [6.45, 7) is 1.38. The number of hydrogen-bond acceptors (Lipinski definition) is 8. The Morgan fingerprint density at radius 2 is 1.69 bits per heavy atom. The first-order chi connectivity index (χ1) is 18.4. The summed E-state index contributed by atoms with van der Waals surface area (Å²) in [4.78, 5) is 28.6. The lowest BCUT2D eigenvalue weighted by Crippen LogP contribution is -2.46. The summed E-state index contributed by atoms with van der Waals surface area (Å²) in [5.74, 6) is -1.40.